The molecule has 1 heterocycles. The van der Waals surface area contributed by atoms with Gasteiger partial charge in [-0.3, -0.25) is 4.79 Å². The van der Waals surface area contributed by atoms with Crippen LogP contribution in [0.1, 0.15) is 49.9 Å². The summed E-state index contributed by atoms with van der Waals surface area (Å²) in [5, 5.41) is 42.6. The van der Waals surface area contributed by atoms with Crippen LogP contribution < -0.4 is 10.2 Å². The number of rotatable bonds is 8. The van der Waals surface area contributed by atoms with Gasteiger partial charge in [0.05, 0.1) is 16.9 Å². The SMILES string of the molecule is CC(=CCN1C(=O)c2cccc(O)c2Nc2c(O)cc(O)cc21)CCC=C(C)CCCO. The van der Waals surface area contributed by atoms with Crippen molar-refractivity contribution in [1.29, 1.82) is 0 Å². The molecule has 0 aromatic heterocycles. The number of hydrogen-bond acceptors (Lipinski definition) is 6. The molecular weight excluding hydrogens is 408 g/mol. The van der Waals surface area contributed by atoms with Crippen LogP contribution >= 0.6 is 0 Å². The molecule has 3 rings (SSSR count). The van der Waals surface area contributed by atoms with Crippen molar-refractivity contribution in [3.63, 3.8) is 0 Å². The van der Waals surface area contributed by atoms with Crippen LogP contribution in [0.25, 0.3) is 0 Å². The van der Waals surface area contributed by atoms with Crippen molar-refractivity contribution in [3.05, 3.63) is 59.2 Å². The van der Waals surface area contributed by atoms with E-state index in [9.17, 15) is 20.1 Å². The lowest BCUT2D eigenvalue weighted by molar-refractivity contribution is 0.0991. The lowest BCUT2D eigenvalue weighted by Gasteiger charge is -2.22. The second-order valence-electron chi connectivity index (χ2n) is 8.07. The van der Waals surface area contributed by atoms with Gasteiger partial charge in [0.25, 0.3) is 5.91 Å². The Morgan fingerprint density at radius 2 is 1.75 bits per heavy atom. The quantitative estimate of drug-likeness (QED) is 0.226. The molecule has 0 atom stereocenters. The number of para-hydroxylation sites is 1. The van der Waals surface area contributed by atoms with Gasteiger partial charge in [-0.15, -0.1) is 0 Å². The highest BCUT2D eigenvalue weighted by Crippen LogP contribution is 2.45. The zero-order valence-electron chi connectivity index (χ0n) is 18.4. The van der Waals surface area contributed by atoms with E-state index in [4.69, 9.17) is 5.11 Å². The molecule has 0 radical (unpaired) electrons. The third-order valence-electron chi connectivity index (χ3n) is 5.52. The van der Waals surface area contributed by atoms with Crippen molar-refractivity contribution in [2.45, 2.75) is 39.5 Å². The summed E-state index contributed by atoms with van der Waals surface area (Å²) in [6, 6.07) is 7.26. The van der Waals surface area contributed by atoms with Crippen molar-refractivity contribution in [1.82, 2.24) is 0 Å². The Morgan fingerprint density at radius 1 is 1.00 bits per heavy atom. The van der Waals surface area contributed by atoms with Gasteiger partial charge in [-0.25, -0.2) is 0 Å². The zero-order chi connectivity index (χ0) is 23.3. The van der Waals surface area contributed by atoms with Gasteiger partial charge in [-0.1, -0.05) is 29.4 Å². The van der Waals surface area contributed by atoms with Gasteiger partial charge in [0.1, 0.15) is 22.9 Å². The summed E-state index contributed by atoms with van der Waals surface area (Å²) in [5.41, 5.74) is 3.40. The van der Waals surface area contributed by atoms with Gasteiger partial charge in [-0.2, -0.15) is 0 Å². The number of carbonyl (C=O) groups excluding carboxylic acids is 1. The Labute approximate surface area is 187 Å². The molecule has 0 spiro atoms. The van der Waals surface area contributed by atoms with E-state index >= 15 is 0 Å². The second kappa shape index (κ2) is 10.2. The van der Waals surface area contributed by atoms with E-state index in [0.29, 0.717) is 5.69 Å². The van der Waals surface area contributed by atoms with Crippen molar-refractivity contribution in [3.8, 4) is 17.2 Å². The Bertz CT molecular complexity index is 1060. The number of aliphatic hydroxyl groups is 1. The van der Waals surface area contributed by atoms with E-state index in [1.54, 1.807) is 12.1 Å². The van der Waals surface area contributed by atoms with Crippen LogP contribution in [0.3, 0.4) is 0 Å². The number of aliphatic hydroxyl groups excluding tert-OH is 1. The molecule has 0 aliphatic carbocycles. The topological polar surface area (TPSA) is 113 Å². The Kier molecular flexibility index (Phi) is 7.43. The number of carbonyl (C=O) groups is 1. The number of anilines is 3. The summed E-state index contributed by atoms with van der Waals surface area (Å²) in [6.07, 6.45) is 7.45. The normalized spacial score (nSPS) is 14.0. The minimum Gasteiger partial charge on any atom is -0.508 e. The van der Waals surface area contributed by atoms with Crippen molar-refractivity contribution in [2.75, 3.05) is 23.4 Å². The zero-order valence-corrected chi connectivity index (χ0v) is 18.4. The summed E-state index contributed by atoms with van der Waals surface area (Å²) in [4.78, 5) is 14.8. The first-order valence-corrected chi connectivity index (χ1v) is 10.7. The molecule has 1 aliphatic heterocycles. The molecular formula is C25H30N2O5. The number of amides is 1. The van der Waals surface area contributed by atoms with E-state index in [2.05, 4.69) is 18.3 Å². The van der Waals surface area contributed by atoms with Gasteiger partial charge < -0.3 is 30.6 Å². The molecule has 2 aromatic carbocycles. The minimum atomic E-state index is -0.351. The first kappa shape index (κ1) is 23.2. The van der Waals surface area contributed by atoms with Crippen LogP contribution in [0.4, 0.5) is 17.1 Å². The lowest BCUT2D eigenvalue weighted by Crippen LogP contribution is -2.30. The van der Waals surface area contributed by atoms with Crippen molar-refractivity contribution in [2.24, 2.45) is 0 Å². The van der Waals surface area contributed by atoms with E-state index < -0.39 is 0 Å². The fourth-order valence-corrected chi connectivity index (χ4v) is 3.70. The Morgan fingerprint density at radius 3 is 2.50 bits per heavy atom. The highest BCUT2D eigenvalue weighted by molar-refractivity contribution is 6.15. The summed E-state index contributed by atoms with van der Waals surface area (Å²) in [6.45, 7) is 4.49. The number of phenols is 3. The van der Waals surface area contributed by atoms with Crippen LogP contribution in [0, 0.1) is 0 Å². The molecule has 1 aliphatic rings. The molecule has 7 heteroatoms. The molecule has 32 heavy (non-hydrogen) atoms. The molecule has 7 nitrogen and oxygen atoms in total. The lowest BCUT2D eigenvalue weighted by atomic mass is 10.1. The number of nitrogens with zero attached hydrogens (tertiary/aromatic N) is 1. The number of hydrogen-bond donors (Lipinski definition) is 5. The molecule has 170 valence electrons. The maximum absolute atomic E-state index is 13.3. The van der Waals surface area contributed by atoms with Gasteiger partial charge in [0.15, 0.2) is 0 Å². The smallest absolute Gasteiger partial charge is 0.260 e. The second-order valence-corrected chi connectivity index (χ2v) is 8.07. The minimum absolute atomic E-state index is 0.105. The average molecular weight is 439 g/mol. The number of nitrogens with one attached hydrogen (secondary N) is 1. The standard InChI is InChI=1S/C25H30N2O5/c1-16(8-5-13-28)6-3-7-17(2)11-12-27-20-14-18(29)15-22(31)24(20)26-23-19(25(27)32)9-4-10-21(23)30/h4,6,9-11,14-15,26,28-31H,3,5,7-8,12-13H2,1-2H3. The Hall–Kier alpha value is -3.45. The van der Waals surface area contributed by atoms with Crippen LogP contribution in [-0.4, -0.2) is 39.5 Å². The number of benzene rings is 2. The van der Waals surface area contributed by atoms with Crippen molar-refractivity contribution < 1.29 is 25.2 Å². The first-order chi connectivity index (χ1) is 15.3. The summed E-state index contributed by atoms with van der Waals surface area (Å²) in [7, 11) is 0. The predicted octanol–water partition coefficient (Wildman–Crippen LogP) is 4.95. The third kappa shape index (κ3) is 5.23. The highest BCUT2D eigenvalue weighted by atomic mass is 16.3. The number of aromatic hydroxyl groups is 3. The molecule has 5 N–H and O–H groups in total. The predicted molar refractivity (Wildman–Crippen MR) is 126 cm³/mol. The monoisotopic (exact) mass is 438 g/mol. The first-order valence-electron chi connectivity index (χ1n) is 10.7. The largest absolute Gasteiger partial charge is 0.508 e. The van der Waals surface area contributed by atoms with Crippen LogP contribution in [0.2, 0.25) is 0 Å². The van der Waals surface area contributed by atoms with Crippen LogP contribution in [-0.2, 0) is 0 Å². The molecule has 0 bridgehead atoms. The number of fused-ring (bicyclic) bond motifs is 2. The van der Waals surface area contributed by atoms with E-state index in [-0.39, 0.29) is 53.2 Å². The van der Waals surface area contributed by atoms with Gasteiger partial charge in [0, 0.05) is 25.3 Å². The maximum Gasteiger partial charge on any atom is 0.260 e. The van der Waals surface area contributed by atoms with Gasteiger partial charge >= 0.3 is 0 Å². The highest BCUT2D eigenvalue weighted by Gasteiger charge is 2.29. The van der Waals surface area contributed by atoms with E-state index in [1.165, 1.54) is 28.7 Å². The van der Waals surface area contributed by atoms with E-state index in [0.717, 1.165) is 31.3 Å². The molecule has 0 unspecified atom stereocenters. The fourth-order valence-electron chi connectivity index (χ4n) is 3.70. The molecule has 0 fully saturated rings. The van der Waals surface area contributed by atoms with Crippen molar-refractivity contribution >= 4 is 23.0 Å². The average Bonchev–Trinajstić information content (AvgIpc) is 2.86. The van der Waals surface area contributed by atoms with Gasteiger partial charge in [-0.05, 0) is 51.7 Å². The fraction of sp³-hybridized carbons (Fsp3) is 0.320. The maximum atomic E-state index is 13.3. The number of allylic oxidation sites excluding steroid dienone is 3. The summed E-state index contributed by atoms with van der Waals surface area (Å²) in [5.74, 6) is -0.847. The molecule has 1 amide bonds. The molecule has 2 aromatic rings. The van der Waals surface area contributed by atoms with E-state index in [1.807, 2.05) is 13.0 Å². The van der Waals surface area contributed by atoms with Gasteiger partial charge in [0.2, 0.25) is 0 Å². The Balaban J connectivity index is 1.87. The molecule has 0 saturated carbocycles. The number of phenolic OH excluding ortho intramolecular Hbond substituents is 3. The molecule has 0 saturated heterocycles. The van der Waals surface area contributed by atoms with Crippen LogP contribution in [0.15, 0.2) is 53.6 Å². The summed E-state index contributed by atoms with van der Waals surface area (Å²) >= 11 is 0. The summed E-state index contributed by atoms with van der Waals surface area (Å²) < 4.78 is 0. The third-order valence-corrected chi connectivity index (χ3v) is 5.52. The van der Waals surface area contributed by atoms with Crippen LogP contribution in [0.5, 0.6) is 17.2 Å².